The van der Waals surface area contributed by atoms with Crippen LogP contribution in [0.5, 0.6) is 5.75 Å². The molecule has 1 aliphatic heterocycles. The van der Waals surface area contributed by atoms with Crippen molar-refractivity contribution in [2.45, 2.75) is 51.0 Å². The number of ether oxygens (including phenoxy) is 1. The van der Waals surface area contributed by atoms with Gasteiger partial charge in [-0.2, -0.15) is 0 Å². The van der Waals surface area contributed by atoms with Crippen molar-refractivity contribution >= 4 is 0 Å². The van der Waals surface area contributed by atoms with Crippen molar-refractivity contribution < 1.29 is 4.74 Å². The van der Waals surface area contributed by atoms with Crippen LogP contribution in [0, 0.1) is 0 Å². The lowest BCUT2D eigenvalue weighted by Crippen LogP contribution is -2.34. The molecule has 0 bridgehead atoms. The molecule has 4 rings (SSSR count). The fourth-order valence-electron chi connectivity index (χ4n) is 4.30. The number of fused-ring (bicyclic) bond motifs is 1. The summed E-state index contributed by atoms with van der Waals surface area (Å²) in [5.41, 5.74) is 4.37. The molecule has 3 heteroatoms. The molecule has 2 heterocycles. The van der Waals surface area contributed by atoms with Crippen molar-refractivity contribution in [2.24, 2.45) is 0 Å². The highest BCUT2D eigenvalue weighted by Crippen LogP contribution is 2.30. The molecule has 0 spiro atoms. The second-order valence-corrected chi connectivity index (χ2v) is 7.32. The summed E-state index contributed by atoms with van der Waals surface area (Å²) in [5.74, 6) is 1.04. The summed E-state index contributed by atoms with van der Waals surface area (Å²) in [4.78, 5) is 6.93. The van der Waals surface area contributed by atoms with Gasteiger partial charge in [-0.15, -0.1) is 0 Å². The summed E-state index contributed by atoms with van der Waals surface area (Å²) in [6.45, 7) is 3.10. The summed E-state index contributed by atoms with van der Waals surface area (Å²) in [5, 5.41) is 0. The van der Waals surface area contributed by atoms with Crippen LogP contribution >= 0.6 is 0 Å². The van der Waals surface area contributed by atoms with E-state index in [0.717, 1.165) is 25.3 Å². The molecule has 0 radical (unpaired) electrons. The number of benzene rings is 1. The van der Waals surface area contributed by atoms with Crippen molar-refractivity contribution in [3.8, 4) is 5.75 Å². The van der Waals surface area contributed by atoms with Crippen LogP contribution in [-0.2, 0) is 12.8 Å². The predicted molar refractivity (Wildman–Crippen MR) is 101 cm³/mol. The number of piperidine rings is 1. The van der Waals surface area contributed by atoms with E-state index < -0.39 is 0 Å². The van der Waals surface area contributed by atoms with Crippen molar-refractivity contribution in [1.82, 2.24) is 9.88 Å². The van der Waals surface area contributed by atoms with E-state index in [2.05, 4.69) is 40.2 Å². The first-order valence-electron chi connectivity index (χ1n) is 9.79. The standard InChI is InChI=1S/C22H28N2O/c1-2-13-24(22(9-1)20-8-4-12-23-17-20)14-5-15-25-21-11-10-18-6-3-7-19(18)16-21/h4,8,10-12,16-17,22H,1-3,5-7,9,13-15H2. The van der Waals surface area contributed by atoms with Crippen molar-refractivity contribution in [1.29, 1.82) is 0 Å². The average Bonchev–Trinajstić information content (AvgIpc) is 3.14. The molecule has 0 N–H and O–H groups in total. The van der Waals surface area contributed by atoms with E-state index in [1.165, 1.54) is 61.8 Å². The van der Waals surface area contributed by atoms with Crippen LogP contribution in [0.15, 0.2) is 42.7 Å². The Kier molecular flexibility index (Phi) is 5.31. The maximum Gasteiger partial charge on any atom is 0.119 e. The molecule has 2 aromatic rings. The lowest BCUT2D eigenvalue weighted by atomic mass is 9.96. The molecule has 1 saturated heterocycles. The molecule has 3 nitrogen and oxygen atoms in total. The van der Waals surface area contributed by atoms with Crippen LogP contribution in [0.1, 0.15) is 54.8 Å². The van der Waals surface area contributed by atoms with Crippen LogP contribution in [0.4, 0.5) is 0 Å². The largest absolute Gasteiger partial charge is 0.494 e. The Hall–Kier alpha value is -1.87. The molecule has 1 aliphatic carbocycles. The van der Waals surface area contributed by atoms with Crippen LogP contribution in [-0.4, -0.2) is 29.6 Å². The number of hydrogen-bond donors (Lipinski definition) is 0. The minimum absolute atomic E-state index is 0.530. The molecule has 0 amide bonds. The van der Waals surface area contributed by atoms with Crippen molar-refractivity contribution in [3.05, 3.63) is 59.4 Å². The highest BCUT2D eigenvalue weighted by molar-refractivity contribution is 5.38. The van der Waals surface area contributed by atoms with Gasteiger partial charge in [0.2, 0.25) is 0 Å². The Morgan fingerprint density at radius 3 is 2.96 bits per heavy atom. The Bertz CT molecular complexity index is 686. The van der Waals surface area contributed by atoms with Crippen LogP contribution in [0.25, 0.3) is 0 Å². The third-order valence-electron chi connectivity index (χ3n) is 5.61. The van der Waals surface area contributed by atoms with E-state index in [9.17, 15) is 0 Å². The number of aromatic nitrogens is 1. The van der Waals surface area contributed by atoms with Gasteiger partial charge in [0.15, 0.2) is 0 Å². The number of nitrogens with zero attached hydrogens (tertiary/aromatic N) is 2. The molecule has 25 heavy (non-hydrogen) atoms. The van der Waals surface area contributed by atoms with Gasteiger partial charge in [0, 0.05) is 25.0 Å². The molecule has 1 atom stereocenters. The first-order valence-corrected chi connectivity index (χ1v) is 9.79. The number of likely N-dealkylation sites (tertiary alicyclic amines) is 1. The monoisotopic (exact) mass is 336 g/mol. The first-order chi connectivity index (χ1) is 12.4. The number of pyridine rings is 1. The number of rotatable bonds is 6. The second-order valence-electron chi connectivity index (χ2n) is 7.32. The van der Waals surface area contributed by atoms with Gasteiger partial charge in [-0.25, -0.2) is 0 Å². The van der Waals surface area contributed by atoms with Crippen molar-refractivity contribution in [2.75, 3.05) is 19.7 Å². The maximum atomic E-state index is 6.02. The minimum atomic E-state index is 0.530. The fourth-order valence-corrected chi connectivity index (χ4v) is 4.30. The Morgan fingerprint density at radius 1 is 1.08 bits per heavy atom. The zero-order valence-electron chi connectivity index (χ0n) is 15.0. The Balaban J connectivity index is 1.28. The Morgan fingerprint density at radius 2 is 2.04 bits per heavy atom. The van der Waals surface area contributed by atoms with Gasteiger partial charge < -0.3 is 4.74 Å². The zero-order valence-corrected chi connectivity index (χ0v) is 15.0. The molecular formula is C22H28N2O. The van der Waals surface area contributed by atoms with Crippen molar-refractivity contribution in [3.63, 3.8) is 0 Å². The summed E-state index contributed by atoms with van der Waals surface area (Å²) >= 11 is 0. The normalized spacial score (nSPS) is 20.4. The van der Waals surface area contributed by atoms with E-state index in [1.54, 1.807) is 0 Å². The summed E-state index contributed by atoms with van der Waals surface area (Å²) in [7, 11) is 0. The lowest BCUT2D eigenvalue weighted by molar-refractivity contribution is 0.137. The third kappa shape index (κ3) is 4.04. The highest BCUT2D eigenvalue weighted by atomic mass is 16.5. The smallest absolute Gasteiger partial charge is 0.119 e. The van der Waals surface area contributed by atoms with Gasteiger partial charge in [0.1, 0.15) is 5.75 Å². The number of aryl methyl sites for hydroxylation is 2. The average molecular weight is 336 g/mol. The number of hydrogen-bond acceptors (Lipinski definition) is 3. The van der Waals surface area contributed by atoms with Crippen LogP contribution in [0.3, 0.4) is 0 Å². The van der Waals surface area contributed by atoms with Crippen LogP contribution in [0.2, 0.25) is 0 Å². The fraction of sp³-hybridized carbons (Fsp3) is 0.500. The predicted octanol–water partition coefficient (Wildman–Crippen LogP) is 4.57. The van der Waals surface area contributed by atoms with E-state index in [-0.39, 0.29) is 0 Å². The zero-order chi connectivity index (χ0) is 16.9. The Labute approximate surface area is 151 Å². The second kappa shape index (κ2) is 8.01. The first kappa shape index (κ1) is 16.6. The molecule has 1 fully saturated rings. The van der Waals surface area contributed by atoms with Gasteiger partial charge in [0.25, 0.3) is 0 Å². The van der Waals surface area contributed by atoms with Gasteiger partial charge in [-0.05, 0) is 80.0 Å². The molecule has 1 aromatic carbocycles. The van der Waals surface area contributed by atoms with Gasteiger partial charge >= 0.3 is 0 Å². The maximum absolute atomic E-state index is 6.02. The summed E-state index contributed by atoms with van der Waals surface area (Å²) in [6, 6.07) is 11.4. The molecule has 1 unspecified atom stereocenters. The SMILES string of the molecule is c1cncc(C2CCCCN2CCCOc2ccc3c(c2)CCC3)c1. The molecule has 132 valence electrons. The molecular weight excluding hydrogens is 308 g/mol. The molecule has 1 aromatic heterocycles. The van der Waals surface area contributed by atoms with Gasteiger partial charge in [0.05, 0.1) is 6.61 Å². The van der Waals surface area contributed by atoms with E-state index in [0.29, 0.717) is 6.04 Å². The molecule has 0 saturated carbocycles. The van der Waals surface area contributed by atoms with E-state index >= 15 is 0 Å². The minimum Gasteiger partial charge on any atom is -0.494 e. The van der Waals surface area contributed by atoms with Gasteiger partial charge in [-0.1, -0.05) is 18.6 Å². The quantitative estimate of drug-likeness (QED) is 0.723. The van der Waals surface area contributed by atoms with Gasteiger partial charge in [-0.3, -0.25) is 9.88 Å². The van der Waals surface area contributed by atoms with Crippen LogP contribution < -0.4 is 4.74 Å². The van der Waals surface area contributed by atoms with E-state index in [4.69, 9.17) is 4.74 Å². The topological polar surface area (TPSA) is 25.4 Å². The highest BCUT2D eigenvalue weighted by Gasteiger charge is 2.23. The van der Waals surface area contributed by atoms with E-state index in [1.807, 2.05) is 12.4 Å². The molecule has 2 aliphatic rings. The summed E-state index contributed by atoms with van der Waals surface area (Å²) < 4.78 is 6.02. The third-order valence-corrected chi connectivity index (χ3v) is 5.61. The lowest BCUT2D eigenvalue weighted by Gasteiger charge is -2.35. The summed E-state index contributed by atoms with van der Waals surface area (Å²) in [6.07, 6.45) is 12.6.